The third-order valence-corrected chi connectivity index (χ3v) is 4.04. The van der Waals surface area contributed by atoms with Gasteiger partial charge in [0.2, 0.25) is 0 Å². The standard InChI is InChI=1S/C16H17Cl2N3O4/c1-9(15(22)23)20-14(16(24)25)5-13-6-19-8-21(13)7-10-2-11(17)4-12(18)3-10/h2-4,6,8-9,14,20H,5,7H2,1H3,(H,22,23)(H,24,25)/t9?,14-/m0/s1. The highest BCUT2D eigenvalue weighted by Gasteiger charge is 2.24. The molecular formula is C16H17Cl2N3O4. The summed E-state index contributed by atoms with van der Waals surface area (Å²) in [6, 6.07) is 3.11. The lowest BCUT2D eigenvalue weighted by molar-refractivity contribution is -0.142. The fourth-order valence-electron chi connectivity index (χ4n) is 2.36. The smallest absolute Gasteiger partial charge is 0.321 e. The fourth-order valence-corrected chi connectivity index (χ4v) is 2.93. The van der Waals surface area contributed by atoms with Crippen molar-refractivity contribution in [2.45, 2.75) is 32.0 Å². The average molecular weight is 386 g/mol. The van der Waals surface area contributed by atoms with Gasteiger partial charge in [-0.1, -0.05) is 23.2 Å². The molecule has 25 heavy (non-hydrogen) atoms. The van der Waals surface area contributed by atoms with Gasteiger partial charge in [0.15, 0.2) is 0 Å². The third-order valence-electron chi connectivity index (χ3n) is 3.61. The number of carboxylic acid groups (broad SMARTS) is 2. The van der Waals surface area contributed by atoms with Gasteiger partial charge in [0.05, 0.1) is 6.33 Å². The van der Waals surface area contributed by atoms with Crippen LogP contribution in [0.25, 0.3) is 0 Å². The molecule has 0 fully saturated rings. The second kappa shape index (κ2) is 8.33. The normalized spacial score (nSPS) is 13.4. The minimum atomic E-state index is -1.13. The number of nitrogens with zero attached hydrogens (tertiary/aromatic N) is 2. The largest absolute Gasteiger partial charge is 0.480 e. The van der Waals surface area contributed by atoms with Crippen LogP contribution in [0.2, 0.25) is 10.0 Å². The van der Waals surface area contributed by atoms with Crippen molar-refractivity contribution in [3.63, 3.8) is 0 Å². The number of imidazole rings is 1. The van der Waals surface area contributed by atoms with Gasteiger partial charge in [-0.05, 0) is 30.7 Å². The van der Waals surface area contributed by atoms with E-state index >= 15 is 0 Å². The molecule has 0 amide bonds. The molecule has 0 aliphatic carbocycles. The van der Waals surface area contributed by atoms with Crippen LogP contribution in [-0.2, 0) is 22.6 Å². The lowest BCUT2D eigenvalue weighted by Crippen LogP contribution is -2.47. The van der Waals surface area contributed by atoms with E-state index in [0.29, 0.717) is 22.3 Å². The van der Waals surface area contributed by atoms with E-state index < -0.39 is 24.0 Å². The predicted octanol–water partition coefficient (Wildman–Crippen LogP) is 2.30. The molecule has 3 N–H and O–H groups in total. The van der Waals surface area contributed by atoms with Crippen molar-refractivity contribution in [1.82, 2.24) is 14.9 Å². The third kappa shape index (κ3) is 5.45. The maximum atomic E-state index is 11.4. The number of carbonyl (C=O) groups is 2. The molecule has 9 heteroatoms. The summed E-state index contributed by atoms with van der Waals surface area (Å²) < 4.78 is 1.77. The molecule has 0 aliphatic rings. The van der Waals surface area contributed by atoms with E-state index in [2.05, 4.69) is 10.3 Å². The number of benzene rings is 1. The first-order valence-electron chi connectivity index (χ1n) is 7.42. The summed E-state index contributed by atoms with van der Waals surface area (Å²) in [7, 11) is 0. The van der Waals surface area contributed by atoms with Gasteiger partial charge in [-0.25, -0.2) is 4.98 Å². The molecule has 1 unspecified atom stereocenters. The Labute approximate surface area is 154 Å². The highest BCUT2D eigenvalue weighted by atomic mass is 35.5. The van der Waals surface area contributed by atoms with Crippen LogP contribution in [0.3, 0.4) is 0 Å². The van der Waals surface area contributed by atoms with Crippen LogP contribution >= 0.6 is 23.2 Å². The average Bonchev–Trinajstić information content (AvgIpc) is 2.92. The monoisotopic (exact) mass is 385 g/mol. The Kier molecular flexibility index (Phi) is 6.41. The van der Waals surface area contributed by atoms with Crippen LogP contribution in [0.1, 0.15) is 18.2 Å². The lowest BCUT2D eigenvalue weighted by atomic mass is 10.1. The molecule has 0 saturated heterocycles. The van der Waals surface area contributed by atoms with E-state index in [4.69, 9.17) is 28.3 Å². The molecule has 1 aromatic carbocycles. The van der Waals surface area contributed by atoms with Gasteiger partial charge in [-0.2, -0.15) is 0 Å². The number of aliphatic carboxylic acids is 2. The van der Waals surface area contributed by atoms with Gasteiger partial charge in [-0.15, -0.1) is 0 Å². The van der Waals surface area contributed by atoms with Gasteiger partial charge in [0.1, 0.15) is 12.1 Å². The van der Waals surface area contributed by atoms with Gasteiger partial charge >= 0.3 is 11.9 Å². The molecule has 7 nitrogen and oxygen atoms in total. The van der Waals surface area contributed by atoms with Crippen molar-refractivity contribution < 1.29 is 19.8 Å². The van der Waals surface area contributed by atoms with Crippen molar-refractivity contribution in [3.05, 3.63) is 52.0 Å². The van der Waals surface area contributed by atoms with E-state index in [1.807, 2.05) is 0 Å². The first kappa shape index (κ1) is 19.2. The summed E-state index contributed by atoms with van der Waals surface area (Å²) in [5.41, 5.74) is 1.49. The summed E-state index contributed by atoms with van der Waals surface area (Å²) in [6.07, 6.45) is 3.21. The molecule has 2 rings (SSSR count). The van der Waals surface area contributed by atoms with Gasteiger partial charge in [0, 0.05) is 34.9 Å². The summed E-state index contributed by atoms with van der Waals surface area (Å²) in [4.78, 5) is 26.4. The molecule has 0 aliphatic heterocycles. The van der Waals surface area contributed by atoms with Crippen LogP contribution < -0.4 is 5.32 Å². The van der Waals surface area contributed by atoms with Crippen LogP contribution in [0.5, 0.6) is 0 Å². The van der Waals surface area contributed by atoms with E-state index in [0.717, 1.165) is 5.56 Å². The first-order valence-corrected chi connectivity index (χ1v) is 8.17. The van der Waals surface area contributed by atoms with Crippen molar-refractivity contribution >= 4 is 35.1 Å². The zero-order valence-electron chi connectivity index (χ0n) is 13.3. The van der Waals surface area contributed by atoms with Crippen LogP contribution in [0, 0.1) is 0 Å². The summed E-state index contributed by atoms with van der Waals surface area (Å²) >= 11 is 12.0. The van der Waals surface area contributed by atoms with Crippen molar-refractivity contribution in [1.29, 1.82) is 0 Å². The summed E-state index contributed by atoms with van der Waals surface area (Å²) in [5.74, 6) is -2.25. The van der Waals surface area contributed by atoms with Gasteiger partial charge < -0.3 is 14.8 Å². The van der Waals surface area contributed by atoms with E-state index in [-0.39, 0.29) is 6.42 Å². The maximum absolute atomic E-state index is 11.4. The first-order chi connectivity index (χ1) is 11.8. The van der Waals surface area contributed by atoms with E-state index in [1.54, 1.807) is 35.3 Å². The molecule has 2 atom stereocenters. The number of aromatic nitrogens is 2. The topological polar surface area (TPSA) is 104 Å². The number of halogens is 2. The van der Waals surface area contributed by atoms with Crippen molar-refractivity contribution in [3.8, 4) is 0 Å². The Morgan fingerprint density at radius 2 is 1.84 bits per heavy atom. The highest BCUT2D eigenvalue weighted by molar-refractivity contribution is 6.34. The number of hydrogen-bond donors (Lipinski definition) is 3. The lowest BCUT2D eigenvalue weighted by Gasteiger charge is -2.18. The number of hydrogen-bond acceptors (Lipinski definition) is 4. The SMILES string of the molecule is CC(N[C@@H](Cc1cncn1Cc1cc(Cl)cc(Cl)c1)C(=O)O)C(=O)O. The Bertz CT molecular complexity index is 758. The van der Waals surface area contributed by atoms with Crippen LogP contribution in [0.4, 0.5) is 0 Å². The number of carboxylic acids is 2. The van der Waals surface area contributed by atoms with Crippen LogP contribution in [-0.4, -0.2) is 43.8 Å². The van der Waals surface area contributed by atoms with E-state index in [1.165, 1.54) is 6.92 Å². The predicted molar refractivity (Wildman–Crippen MR) is 93.2 cm³/mol. The summed E-state index contributed by atoms with van der Waals surface area (Å²) in [6.45, 7) is 1.81. The highest BCUT2D eigenvalue weighted by Crippen LogP contribution is 2.20. The Balaban J connectivity index is 2.16. The molecule has 134 valence electrons. The number of rotatable bonds is 8. The molecule has 0 bridgehead atoms. The molecule has 1 heterocycles. The second-order valence-corrected chi connectivity index (χ2v) is 6.48. The van der Waals surface area contributed by atoms with E-state index in [9.17, 15) is 14.7 Å². The Hall–Kier alpha value is -2.09. The maximum Gasteiger partial charge on any atom is 0.321 e. The minimum Gasteiger partial charge on any atom is -0.480 e. The minimum absolute atomic E-state index is 0.0846. The quantitative estimate of drug-likeness (QED) is 0.643. The molecule has 0 spiro atoms. The molecule has 0 radical (unpaired) electrons. The van der Waals surface area contributed by atoms with Gasteiger partial charge in [0.25, 0.3) is 0 Å². The van der Waals surface area contributed by atoms with Crippen LogP contribution in [0.15, 0.2) is 30.7 Å². The van der Waals surface area contributed by atoms with Crippen molar-refractivity contribution in [2.75, 3.05) is 0 Å². The number of nitrogens with one attached hydrogen (secondary N) is 1. The molecule has 2 aromatic rings. The second-order valence-electron chi connectivity index (χ2n) is 5.61. The Morgan fingerprint density at radius 1 is 1.20 bits per heavy atom. The fraction of sp³-hybridized carbons (Fsp3) is 0.312. The molecular weight excluding hydrogens is 369 g/mol. The Morgan fingerprint density at radius 3 is 2.40 bits per heavy atom. The van der Waals surface area contributed by atoms with Gasteiger partial charge in [-0.3, -0.25) is 14.9 Å². The zero-order chi connectivity index (χ0) is 18.6. The molecule has 0 saturated carbocycles. The van der Waals surface area contributed by atoms with Crippen molar-refractivity contribution in [2.24, 2.45) is 0 Å². The molecule has 1 aromatic heterocycles. The zero-order valence-corrected chi connectivity index (χ0v) is 14.8. The summed E-state index contributed by atoms with van der Waals surface area (Å²) in [5, 5.41) is 21.9.